The predicted octanol–water partition coefficient (Wildman–Crippen LogP) is 2.22. The van der Waals surface area contributed by atoms with Crippen molar-refractivity contribution in [3.05, 3.63) is 41.0 Å². The van der Waals surface area contributed by atoms with Crippen LogP contribution < -0.4 is 0 Å². The molecule has 0 bridgehead atoms. The molecule has 1 aromatic carbocycles. The summed E-state index contributed by atoms with van der Waals surface area (Å²) >= 11 is 6.13. The molecule has 0 saturated carbocycles. The van der Waals surface area contributed by atoms with Gasteiger partial charge in [-0.25, -0.2) is 0 Å². The molecule has 0 spiro atoms. The fraction of sp³-hybridized carbons (Fsp3) is 0.375. The van der Waals surface area contributed by atoms with E-state index in [1.54, 1.807) is 30.2 Å². The second kappa shape index (κ2) is 6.70. The summed E-state index contributed by atoms with van der Waals surface area (Å²) < 4.78 is 10.5. The van der Waals surface area contributed by atoms with Gasteiger partial charge in [0.1, 0.15) is 0 Å². The van der Waals surface area contributed by atoms with E-state index in [9.17, 15) is 9.90 Å². The molecule has 2 heterocycles. The first-order chi connectivity index (χ1) is 11.1. The normalized spacial score (nSPS) is 20.9. The van der Waals surface area contributed by atoms with Gasteiger partial charge in [-0.3, -0.25) is 4.79 Å². The first-order valence-electron chi connectivity index (χ1n) is 7.30. The lowest BCUT2D eigenvalue weighted by molar-refractivity contribution is 0.0638. The molecule has 0 unspecified atom stereocenters. The molecule has 1 N–H and O–H groups in total. The van der Waals surface area contributed by atoms with Crippen molar-refractivity contribution in [3.63, 3.8) is 0 Å². The zero-order valence-corrected chi connectivity index (χ0v) is 13.4. The van der Waals surface area contributed by atoms with E-state index in [-0.39, 0.29) is 30.4 Å². The predicted molar refractivity (Wildman–Crippen MR) is 84.3 cm³/mol. The van der Waals surface area contributed by atoms with Crippen LogP contribution in [0.3, 0.4) is 0 Å². The van der Waals surface area contributed by atoms with Gasteiger partial charge >= 0.3 is 0 Å². The fourth-order valence-corrected chi connectivity index (χ4v) is 3.01. The number of benzene rings is 1. The van der Waals surface area contributed by atoms with E-state index in [2.05, 4.69) is 5.16 Å². The third-order valence-electron chi connectivity index (χ3n) is 4.05. The van der Waals surface area contributed by atoms with Crippen LogP contribution in [-0.4, -0.2) is 53.5 Å². The molecule has 0 aliphatic carbocycles. The van der Waals surface area contributed by atoms with Gasteiger partial charge in [0.05, 0.1) is 23.8 Å². The van der Waals surface area contributed by atoms with E-state index in [4.69, 9.17) is 20.9 Å². The van der Waals surface area contributed by atoms with E-state index < -0.39 is 0 Å². The Hall–Kier alpha value is -1.89. The second-order valence-corrected chi connectivity index (χ2v) is 5.85. The van der Waals surface area contributed by atoms with Crippen LogP contribution in [0.25, 0.3) is 11.3 Å². The Morgan fingerprint density at radius 2 is 2.30 bits per heavy atom. The van der Waals surface area contributed by atoms with Crippen molar-refractivity contribution in [2.24, 2.45) is 0 Å². The first kappa shape index (κ1) is 16.0. The number of aliphatic hydroxyl groups is 1. The number of methoxy groups -OCH3 is 1. The van der Waals surface area contributed by atoms with Crippen LogP contribution in [0.5, 0.6) is 0 Å². The number of rotatable bonds is 4. The van der Waals surface area contributed by atoms with E-state index in [0.29, 0.717) is 29.3 Å². The van der Waals surface area contributed by atoms with Crippen molar-refractivity contribution in [2.45, 2.75) is 18.6 Å². The quantitative estimate of drug-likeness (QED) is 0.926. The van der Waals surface area contributed by atoms with E-state index >= 15 is 0 Å². The molecular formula is C16H17ClN2O4. The number of ether oxygens (including phenoxy) is 1. The van der Waals surface area contributed by atoms with E-state index in [1.807, 2.05) is 12.1 Å². The average Bonchev–Trinajstić information content (AvgIpc) is 3.21. The van der Waals surface area contributed by atoms with Crippen LogP contribution in [0.15, 0.2) is 34.9 Å². The molecule has 122 valence electrons. The SMILES string of the molecule is CO[C@H]1C[C@@H](CO)N(C(=O)c2cc(-c3ccccc3Cl)on2)C1. The third-order valence-corrected chi connectivity index (χ3v) is 4.38. The molecule has 1 saturated heterocycles. The smallest absolute Gasteiger partial charge is 0.276 e. The molecule has 2 atom stereocenters. The summed E-state index contributed by atoms with van der Waals surface area (Å²) in [6, 6.07) is 8.48. The van der Waals surface area contributed by atoms with Crippen LogP contribution in [0.2, 0.25) is 5.02 Å². The zero-order chi connectivity index (χ0) is 16.4. The summed E-state index contributed by atoms with van der Waals surface area (Å²) in [4.78, 5) is 14.2. The molecule has 6 nitrogen and oxygen atoms in total. The van der Waals surface area contributed by atoms with Crippen molar-refractivity contribution in [1.82, 2.24) is 10.1 Å². The number of hydrogen-bond donors (Lipinski definition) is 1. The first-order valence-corrected chi connectivity index (χ1v) is 7.68. The number of likely N-dealkylation sites (tertiary alicyclic amines) is 1. The number of amides is 1. The zero-order valence-electron chi connectivity index (χ0n) is 12.6. The minimum atomic E-state index is -0.286. The summed E-state index contributed by atoms with van der Waals surface area (Å²) in [5, 5.41) is 13.8. The maximum absolute atomic E-state index is 12.6. The molecule has 1 aliphatic heterocycles. The van der Waals surface area contributed by atoms with Crippen LogP contribution in [0.4, 0.5) is 0 Å². The number of hydrogen-bond acceptors (Lipinski definition) is 5. The minimum Gasteiger partial charge on any atom is -0.394 e. The summed E-state index contributed by atoms with van der Waals surface area (Å²) in [6.07, 6.45) is 0.527. The topological polar surface area (TPSA) is 75.8 Å². The largest absolute Gasteiger partial charge is 0.394 e. The summed E-state index contributed by atoms with van der Waals surface area (Å²) in [5.41, 5.74) is 0.866. The fourth-order valence-electron chi connectivity index (χ4n) is 2.78. The highest BCUT2D eigenvalue weighted by molar-refractivity contribution is 6.33. The molecule has 1 aliphatic rings. The van der Waals surface area contributed by atoms with Crippen molar-refractivity contribution in [1.29, 1.82) is 0 Å². The van der Waals surface area contributed by atoms with Gasteiger partial charge in [0, 0.05) is 25.3 Å². The van der Waals surface area contributed by atoms with Crippen LogP contribution in [-0.2, 0) is 4.74 Å². The number of aromatic nitrogens is 1. The highest BCUT2D eigenvalue weighted by Gasteiger charge is 2.36. The Morgan fingerprint density at radius 3 is 3.00 bits per heavy atom. The second-order valence-electron chi connectivity index (χ2n) is 5.44. The van der Waals surface area contributed by atoms with Gasteiger partial charge in [0.25, 0.3) is 5.91 Å². The number of halogens is 1. The molecule has 1 amide bonds. The molecule has 0 radical (unpaired) electrons. The highest BCUT2D eigenvalue weighted by Crippen LogP contribution is 2.29. The maximum atomic E-state index is 12.6. The summed E-state index contributed by atoms with van der Waals surface area (Å²) in [5.74, 6) is 0.146. The number of carbonyl (C=O) groups excluding carboxylic acids is 1. The summed E-state index contributed by atoms with van der Waals surface area (Å²) in [6.45, 7) is 0.315. The molecule has 3 rings (SSSR count). The van der Waals surface area contributed by atoms with Gasteiger partial charge in [-0.15, -0.1) is 0 Å². The van der Waals surface area contributed by atoms with Crippen molar-refractivity contribution in [3.8, 4) is 11.3 Å². The Kier molecular flexibility index (Phi) is 4.66. The van der Waals surface area contributed by atoms with Crippen LogP contribution in [0.1, 0.15) is 16.9 Å². The maximum Gasteiger partial charge on any atom is 0.276 e. The van der Waals surface area contributed by atoms with Gasteiger partial charge in [-0.1, -0.05) is 28.9 Å². The van der Waals surface area contributed by atoms with Gasteiger partial charge in [-0.05, 0) is 18.6 Å². The van der Waals surface area contributed by atoms with Crippen molar-refractivity contribution < 1.29 is 19.2 Å². The van der Waals surface area contributed by atoms with Gasteiger partial charge in [0.2, 0.25) is 0 Å². The molecule has 7 heteroatoms. The van der Waals surface area contributed by atoms with Gasteiger partial charge < -0.3 is 19.3 Å². The average molecular weight is 337 g/mol. The molecule has 1 fully saturated rings. The van der Waals surface area contributed by atoms with E-state index in [1.165, 1.54) is 0 Å². The van der Waals surface area contributed by atoms with Crippen LogP contribution >= 0.6 is 11.6 Å². The number of nitrogens with zero attached hydrogens (tertiary/aromatic N) is 2. The molecule has 23 heavy (non-hydrogen) atoms. The Bertz CT molecular complexity index is 703. The number of aliphatic hydroxyl groups excluding tert-OH is 1. The third kappa shape index (κ3) is 3.10. The van der Waals surface area contributed by atoms with E-state index in [0.717, 1.165) is 0 Å². The lowest BCUT2D eigenvalue weighted by Gasteiger charge is -2.21. The highest BCUT2D eigenvalue weighted by atomic mass is 35.5. The Labute approximate surface area is 138 Å². The Morgan fingerprint density at radius 1 is 1.52 bits per heavy atom. The lowest BCUT2D eigenvalue weighted by Crippen LogP contribution is -2.38. The van der Waals surface area contributed by atoms with Crippen molar-refractivity contribution >= 4 is 17.5 Å². The minimum absolute atomic E-state index is 0.0777. The summed E-state index contributed by atoms with van der Waals surface area (Å²) in [7, 11) is 1.60. The van der Waals surface area contributed by atoms with Gasteiger partial charge in [-0.2, -0.15) is 0 Å². The monoisotopic (exact) mass is 336 g/mol. The Balaban J connectivity index is 1.83. The molecule has 2 aromatic rings. The standard InChI is InChI=1S/C16H17ClN2O4/c1-22-11-6-10(9-20)19(8-11)16(21)14-7-15(23-18-14)12-4-2-3-5-13(12)17/h2-5,7,10-11,20H,6,8-9H2,1H3/t10-,11-/m0/s1. The molecule has 1 aromatic heterocycles. The molecular weight excluding hydrogens is 320 g/mol. The van der Waals surface area contributed by atoms with Gasteiger partial charge in [0.15, 0.2) is 11.5 Å². The van der Waals surface area contributed by atoms with Crippen LogP contribution in [0, 0.1) is 0 Å². The number of carbonyl (C=O) groups is 1. The van der Waals surface area contributed by atoms with Crippen molar-refractivity contribution in [2.75, 3.05) is 20.3 Å². The lowest BCUT2D eigenvalue weighted by atomic mass is 10.1.